The molecule has 0 aromatic heterocycles. The van der Waals surface area contributed by atoms with Gasteiger partial charge in [-0.25, -0.2) is 0 Å². The van der Waals surface area contributed by atoms with Crippen LogP contribution in [0.5, 0.6) is 34.5 Å². The van der Waals surface area contributed by atoms with Crippen LogP contribution in [0.1, 0.15) is 502 Å². The van der Waals surface area contributed by atoms with Gasteiger partial charge in [0.15, 0.2) is 34.5 Å². The maximum absolute atomic E-state index is 7.04. The molecule has 0 amide bonds. The molecule has 0 saturated carbocycles. The van der Waals surface area contributed by atoms with Crippen molar-refractivity contribution in [2.45, 2.75) is 468 Å². The second-order valence-electron chi connectivity index (χ2n) is 36.5. The first-order valence-electron chi connectivity index (χ1n) is 49.8. The van der Waals surface area contributed by atoms with Crippen molar-refractivity contribution < 1.29 is 28.4 Å². The van der Waals surface area contributed by atoms with Gasteiger partial charge in [-0.2, -0.15) is 0 Å². The quantitative estimate of drug-likeness (QED) is 0.0324. The third-order valence-electron chi connectivity index (χ3n) is 24.2. The molecule has 0 bridgehead atoms. The van der Waals surface area contributed by atoms with Crippen molar-refractivity contribution in [1.82, 2.24) is 0 Å². The van der Waals surface area contributed by atoms with Crippen LogP contribution < -0.4 is 28.4 Å². The molecule has 3 aromatic rings. The first kappa shape index (κ1) is 101. The van der Waals surface area contributed by atoms with E-state index < -0.39 is 0 Å². The molecule has 3 aromatic carbocycles. The monoisotopic (exact) mass is 1570 g/mol. The minimum Gasteiger partial charge on any atom is -0.489 e. The summed E-state index contributed by atoms with van der Waals surface area (Å²) in [5, 5.41) is 0. The van der Waals surface area contributed by atoms with Gasteiger partial charge in [0.25, 0.3) is 0 Å². The zero-order valence-corrected chi connectivity index (χ0v) is 77.0. The predicted molar refractivity (Wildman–Crippen MR) is 496 cm³/mol. The van der Waals surface area contributed by atoms with Gasteiger partial charge in [0.1, 0.15) is 0 Å². The number of benzene rings is 3. The summed E-state index contributed by atoms with van der Waals surface area (Å²) < 4.78 is 42.3. The van der Waals surface area contributed by atoms with Gasteiger partial charge in [-0.3, -0.25) is 0 Å². The molecule has 0 unspecified atom stereocenters. The average molecular weight is 1570 g/mol. The van der Waals surface area contributed by atoms with Crippen LogP contribution in [0.4, 0.5) is 0 Å². The molecular formula is C108H180O6. The molecule has 0 fully saturated rings. The molecule has 648 valence electrons. The van der Waals surface area contributed by atoms with E-state index in [4.69, 9.17) is 28.4 Å². The summed E-state index contributed by atoms with van der Waals surface area (Å²) in [5.74, 6) is 29.1. The Kier molecular flexibility index (Phi) is 62.3. The topological polar surface area (TPSA) is 55.4 Å². The SMILES string of the molecule is CCCCCCCCCCC[C@H](C)COc1cc2c(cc1OC[C@@H](C)CCCCCCCCCCC)C#Cc1cc(OC[C@@H](C)CCCCCCCCCCC)c(OC[C@@H](C)CCCCCCCCCCC)cc1C#Cc1cc(OC[C@@H](C)CCCCCCCCCCC)c(OC[C@@H](C)CCCCCCCCCCC)cc1C#C2. The minimum absolute atomic E-state index is 0.383. The van der Waals surface area contributed by atoms with Gasteiger partial charge in [0.2, 0.25) is 0 Å². The zero-order valence-electron chi connectivity index (χ0n) is 77.0. The zero-order chi connectivity index (χ0) is 81.8. The summed E-state index contributed by atoms with van der Waals surface area (Å²) in [4.78, 5) is 0. The van der Waals surface area contributed by atoms with Gasteiger partial charge in [0.05, 0.1) is 39.6 Å². The van der Waals surface area contributed by atoms with Crippen LogP contribution in [0.2, 0.25) is 0 Å². The Morgan fingerprint density at radius 2 is 0.272 bits per heavy atom. The number of hydrogen-bond acceptors (Lipinski definition) is 6. The van der Waals surface area contributed by atoms with E-state index in [-0.39, 0.29) is 0 Å². The highest BCUT2D eigenvalue weighted by molar-refractivity contribution is 5.67. The largest absolute Gasteiger partial charge is 0.489 e. The lowest BCUT2D eigenvalue weighted by Gasteiger charge is -2.20. The van der Waals surface area contributed by atoms with Crippen LogP contribution in [0.25, 0.3) is 0 Å². The van der Waals surface area contributed by atoms with E-state index >= 15 is 0 Å². The van der Waals surface area contributed by atoms with E-state index in [0.29, 0.717) is 75.1 Å². The summed E-state index contributed by atoms with van der Waals surface area (Å²) in [6.45, 7) is 31.6. The Morgan fingerprint density at radius 1 is 0.167 bits per heavy atom. The van der Waals surface area contributed by atoms with Crippen molar-refractivity contribution in [1.29, 1.82) is 0 Å². The van der Waals surface area contributed by atoms with Gasteiger partial charge >= 0.3 is 0 Å². The second kappa shape index (κ2) is 70.0. The third-order valence-corrected chi connectivity index (χ3v) is 24.2. The Hall–Kier alpha value is -4.86. The second-order valence-corrected chi connectivity index (χ2v) is 36.5. The fraction of sp³-hybridized carbons (Fsp3) is 0.778. The highest BCUT2D eigenvalue weighted by Crippen LogP contribution is 2.38. The van der Waals surface area contributed by atoms with Crippen molar-refractivity contribution in [2.24, 2.45) is 35.5 Å². The van der Waals surface area contributed by atoms with Crippen molar-refractivity contribution in [3.8, 4) is 70.0 Å². The minimum atomic E-state index is 0.383. The molecule has 4 rings (SSSR count). The Morgan fingerprint density at radius 3 is 0.386 bits per heavy atom. The lowest BCUT2D eigenvalue weighted by Crippen LogP contribution is -2.13. The van der Waals surface area contributed by atoms with Gasteiger partial charge in [-0.1, -0.05) is 465 Å². The number of hydrogen-bond donors (Lipinski definition) is 0. The molecule has 0 N–H and O–H groups in total. The number of rotatable bonds is 78. The van der Waals surface area contributed by atoms with Crippen LogP contribution in [0.15, 0.2) is 36.4 Å². The maximum atomic E-state index is 7.04. The molecule has 0 spiro atoms. The first-order chi connectivity index (χ1) is 55.9. The molecule has 0 saturated heterocycles. The van der Waals surface area contributed by atoms with Crippen LogP contribution in [0.3, 0.4) is 0 Å². The van der Waals surface area contributed by atoms with Crippen molar-refractivity contribution in [3.63, 3.8) is 0 Å². The number of unbranched alkanes of at least 4 members (excludes halogenated alkanes) is 48. The molecule has 1 aliphatic carbocycles. The van der Waals surface area contributed by atoms with Crippen molar-refractivity contribution in [2.75, 3.05) is 39.6 Å². The lowest BCUT2D eigenvalue weighted by atomic mass is 9.99. The number of ether oxygens (including phenoxy) is 6. The van der Waals surface area contributed by atoms with E-state index in [2.05, 4.69) is 155 Å². The summed E-state index contributed by atoms with van der Waals surface area (Å²) in [5.41, 5.74) is 4.78. The molecule has 6 atom stereocenters. The fourth-order valence-corrected chi connectivity index (χ4v) is 16.1. The molecule has 6 nitrogen and oxygen atoms in total. The van der Waals surface area contributed by atoms with Crippen LogP contribution in [0, 0.1) is 71.0 Å². The van der Waals surface area contributed by atoms with E-state index in [1.807, 2.05) is 0 Å². The third kappa shape index (κ3) is 50.8. The summed E-state index contributed by atoms with van der Waals surface area (Å²) in [6.07, 6.45) is 78.5. The molecule has 0 heterocycles. The standard InChI is InChI=1S/C108H180O6/c1-13-19-25-31-37-43-49-55-61-67-91(7)85-109-103-79-97-73-74-99-81-105(111-87-93(9)69-63-57-51-45-39-33-27-21-15-3)107(113-89-95(11)71-65-59-53-47-41-35-29-23-17-5)83-101(99)77-78-102-84-108(114-90-96(12)72-66-60-54-48-42-36-30-24-18-6)106(112-88-94(10)70-64-58-52-46-40-34-28-22-16-4)82-100(102)76-75-98(97)80-104(103)110-86-92(8)68-62-56-50-44-38-32-26-20-14-2/h79-84,91-96H,13-72,85-90H2,1-12H3/t91-,92-,93-,94-,95-,96-/m0/s1. The molecule has 0 aliphatic heterocycles. The van der Waals surface area contributed by atoms with E-state index in [1.54, 1.807) is 0 Å². The molecular weight excluding hydrogens is 1390 g/mol. The molecule has 0 radical (unpaired) electrons. The van der Waals surface area contributed by atoms with Gasteiger partial charge < -0.3 is 28.4 Å². The predicted octanol–water partition coefficient (Wildman–Crippen LogP) is 33.8. The molecule has 114 heavy (non-hydrogen) atoms. The summed E-state index contributed by atoms with van der Waals surface area (Å²) in [7, 11) is 0. The van der Waals surface area contributed by atoms with Crippen molar-refractivity contribution in [3.05, 3.63) is 69.8 Å². The van der Waals surface area contributed by atoms with E-state index in [9.17, 15) is 0 Å². The molecule has 6 heteroatoms. The summed E-state index contributed by atoms with van der Waals surface area (Å²) in [6, 6.07) is 12.8. The van der Waals surface area contributed by atoms with Gasteiger partial charge in [-0.15, -0.1) is 0 Å². The smallest absolute Gasteiger partial charge is 0.162 e. The lowest BCUT2D eigenvalue weighted by molar-refractivity contribution is 0.212. The highest BCUT2D eigenvalue weighted by Gasteiger charge is 2.21. The Balaban J connectivity index is 1.89. The van der Waals surface area contributed by atoms with Crippen LogP contribution >= 0.6 is 0 Å². The van der Waals surface area contributed by atoms with Crippen LogP contribution in [-0.4, -0.2) is 39.6 Å². The highest BCUT2D eigenvalue weighted by atomic mass is 16.5. The summed E-state index contributed by atoms with van der Waals surface area (Å²) >= 11 is 0. The normalized spacial score (nSPS) is 13.3. The van der Waals surface area contributed by atoms with Gasteiger partial charge in [-0.05, 0) is 74.0 Å². The number of fused-ring (bicyclic) bond motifs is 3. The Bertz CT molecular complexity index is 2490. The van der Waals surface area contributed by atoms with E-state index in [0.717, 1.165) is 106 Å². The molecule has 1 aliphatic rings. The van der Waals surface area contributed by atoms with Crippen molar-refractivity contribution >= 4 is 0 Å². The fourth-order valence-electron chi connectivity index (χ4n) is 16.1. The van der Waals surface area contributed by atoms with Crippen LogP contribution in [-0.2, 0) is 0 Å². The van der Waals surface area contributed by atoms with Gasteiger partial charge in [0, 0.05) is 69.8 Å². The average Bonchev–Trinajstić information content (AvgIpc) is 0.799. The Labute approximate surface area is 707 Å². The van der Waals surface area contributed by atoms with E-state index in [1.165, 1.54) is 347 Å². The first-order valence-corrected chi connectivity index (χ1v) is 49.8. The maximum Gasteiger partial charge on any atom is 0.162 e.